The monoisotopic (exact) mass is 335 g/mol. The van der Waals surface area contributed by atoms with Crippen LogP contribution in [0.3, 0.4) is 0 Å². The molecule has 0 radical (unpaired) electrons. The molecule has 0 bridgehead atoms. The molecule has 8 nitrogen and oxygen atoms in total. The molecule has 1 aromatic heterocycles. The molecule has 1 aromatic rings. The fourth-order valence-electron chi connectivity index (χ4n) is 3.24. The lowest BCUT2D eigenvalue weighted by Crippen LogP contribution is -2.52. The number of carbonyl (C=O) groups is 1. The van der Waals surface area contributed by atoms with Crippen LogP contribution in [-0.4, -0.2) is 54.0 Å². The van der Waals surface area contributed by atoms with Crippen LogP contribution < -0.4 is 21.1 Å². The van der Waals surface area contributed by atoms with Crippen molar-refractivity contribution in [2.75, 3.05) is 31.1 Å². The van der Waals surface area contributed by atoms with Crippen LogP contribution in [0.15, 0.2) is 17.2 Å². The Kier molecular flexibility index (Phi) is 5.34. The van der Waals surface area contributed by atoms with E-state index < -0.39 is 0 Å². The number of ether oxygens (including phenoxy) is 1. The molecule has 0 unspecified atom stereocenters. The molecule has 2 aliphatic heterocycles. The first-order valence-electron chi connectivity index (χ1n) is 8.56. The first-order chi connectivity index (χ1) is 11.6. The van der Waals surface area contributed by atoms with Crippen LogP contribution in [0.4, 0.5) is 10.6 Å². The van der Waals surface area contributed by atoms with Crippen LogP contribution in [0.5, 0.6) is 0 Å². The van der Waals surface area contributed by atoms with E-state index in [4.69, 9.17) is 4.74 Å². The molecule has 0 aliphatic carbocycles. The number of hydrogen-bond donors (Lipinski definition) is 2. The molecule has 0 spiro atoms. The Morgan fingerprint density at radius 2 is 2.29 bits per heavy atom. The third-order valence-electron chi connectivity index (χ3n) is 4.57. The summed E-state index contributed by atoms with van der Waals surface area (Å²) in [6.07, 6.45) is 7.28. The van der Waals surface area contributed by atoms with Crippen molar-refractivity contribution in [3.05, 3.63) is 22.7 Å². The number of anilines is 1. The van der Waals surface area contributed by atoms with Crippen molar-refractivity contribution in [3.8, 4) is 0 Å². The summed E-state index contributed by atoms with van der Waals surface area (Å²) in [5, 5.41) is 5.86. The van der Waals surface area contributed by atoms with Crippen molar-refractivity contribution < 1.29 is 9.53 Å². The third kappa shape index (κ3) is 4.05. The molecule has 3 heterocycles. The van der Waals surface area contributed by atoms with Gasteiger partial charge in [-0.2, -0.15) is 0 Å². The van der Waals surface area contributed by atoms with Gasteiger partial charge >= 0.3 is 6.03 Å². The van der Waals surface area contributed by atoms with E-state index >= 15 is 0 Å². The van der Waals surface area contributed by atoms with Gasteiger partial charge in [0.25, 0.3) is 5.56 Å². The largest absolute Gasteiger partial charge is 0.376 e. The molecule has 24 heavy (non-hydrogen) atoms. The zero-order chi connectivity index (χ0) is 16.9. The van der Waals surface area contributed by atoms with Crippen LogP contribution in [0.25, 0.3) is 0 Å². The van der Waals surface area contributed by atoms with E-state index in [1.165, 1.54) is 4.57 Å². The predicted octanol–water partition coefficient (Wildman–Crippen LogP) is 0.227. The Hall–Kier alpha value is -2.09. The molecule has 3 rings (SSSR count). The molecule has 2 amide bonds. The topological polar surface area (TPSA) is 88.5 Å². The summed E-state index contributed by atoms with van der Waals surface area (Å²) >= 11 is 0. The zero-order valence-electron chi connectivity index (χ0n) is 14.0. The minimum atomic E-state index is -0.175. The Morgan fingerprint density at radius 1 is 1.42 bits per heavy atom. The van der Waals surface area contributed by atoms with Gasteiger partial charge in [0.1, 0.15) is 0 Å². The predicted molar refractivity (Wildman–Crippen MR) is 90.2 cm³/mol. The van der Waals surface area contributed by atoms with Gasteiger partial charge in [-0.3, -0.25) is 4.79 Å². The van der Waals surface area contributed by atoms with Gasteiger partial charge in [0.2, 0.25) is 0 Å². The molecule has 2 aliphatic rings. The molecule has 0 saturated carbocycles. The van der Waals surface area contributed by atoms with Crippen molar-refractivity contribution in [3.63, 3.8) is 0 Å². The number of aromatic nitrogens is 2. The molecule has 2 N–H and O–H groups in total. The SMILES string of the molecule is Cn1ccnc(N2CCC[C@@H](NC(=O)NC[C@@H]3CCCO3)C2)c1=O. The summed E-state index contributed by atoms with van der Waals surface area (Å²) in [7, 11) is 1.71. The highest BCUT2D eigenvalue weighted by Crippen LogP contribution is 2.14. The van der Waals surface area contributed by atoms with Crippen molar-refractivity contribution in [2.45, 2.75) is 37.8 Å². The van der Waals surface area contributed by atoms with Gasteiger partial charge < -0.3 is 24.8 Å². The quantitative estimate of drug-likeness (QED) is 0.822. The van der Waals surface area contributed by atoms with Gasteiger partial charge in [-0.05, 0) is 25.7 Å². The maximum absolute atomic E-state index is 12.2. The summed E-state index contributed by atoms with van der Waals surface area (Å²) in [6, 6.07) is -0.166. The average molecular weight is 335 g/mol. The molecule has 132 valence electrons. The standard InChI is InChI=1S/C16H25N5O3/c1-20-8-6-17-14(15(20)22)21-7-2-4-12(11-21)19-16(23)18-10-13-5-3-9-24-13/h6,8,12-13H,2-5,7,9-11H2,1H3,(H2,18,19,23)/t12-,13+/m1/s1. The second kappa shape index (κ2) is 7.65. The number of nitrogens with zero attached hydrogens (tertiary/aromatic N) is 3. The van der Waals surface area contributed by atoms with Crippen LogP contribution in [0.2, 0.25) is 0 Å². The number of nitrogens with one attached hydrogen (secondary N) is 2. The Balaban J connectivity index is 1.52. The minimum absolute atomic E-state index is 0.00922. The number of hydrogen-bond acceptors (Lipinski definition) is 5. The highest BCUT2D eigenvalue weighted by molar-refractivity contribution is 5.74. The zero-order valence-corrected chi connectivity index (χ0v) is 14.0. The number of carbonyl (C=O) groups excluding carboxylic acids is 1. The highest BCUT2D eigenvalue weighted by Gasteiger charge is 2.24. The van der Waals surface area contributed by atoms with Gasteiger partial charge in [0, 0.05) is 51.7 Å². The maximum Gasteiger partial charge on any atom is 0.315 e. The maximum atomic E-state index is 12.2. The smallest absolute Gasteiger partial charge is 0.315 e. The van der Waals surface area contributed by atoms with E-state index in [2.05, 4.69) is 15.6 Å². The van der Waals surface area contributed by atoms with Gasteiger partial charge in [-0.25, -0.2) is 9.78 Å². The van der Waals surface area contributed by atoms with Crippen molar-refractivity contribution in [2.24, 2.45) is 7.05 Å². The van der Waals surface area contributed by atoms with Crippen LogP contribution >= 0.6 is 0 Å². The summed E-state index contributed by atoms with van der Waals surface area (Å²) < 4.78 is 7.02. The summed E-state index contributed by atoms with van der Waals surface area (Å²) in [4.78, 5) is 30.4. The van der Waals surface area contributed by atoms with Gasteiger partial charge in [0.15, 0.2) is 5.82 Å². The average Bonchev–Trinajstić information content (AvgIpc) is 3.09. The van der Waals surface area contributed by atoms with Crippen molar-refractivity contribution in [1.82, 2.24) is 20.2 Å². The molecule has 2 saturated heterocycles. The molecular weight excluding hydrogens is 310 g/mol. The first-order valence-corrected chi connectivity index (χ1v) is 8.56. The molecule has 2 atom stereocenters. The minimum Gasteiger partial charge on any atom is -0.376 e. The number of urea groups is 1. The van der Waals surface area contributed by atoms with Crippen LogP contribution in [-0.2, 0) is 11.8 Å². The van der Waals surface area contributed by atoms with Gasteiger partial charge in [0.05, 0.1) is 6.10 Å². The number of aryl methyl sites for hydroxylation is 1. The second-order valence-corrected chi connectivity index (χ2v) is 6.44. The fraction of sp³-hybridized carbons (Fsp3) is 0.688. The number of rotatable bonds is 4. The normalized spacial score (nSPS) is 24.0. The van der Waals surface area contributed by atoms with Gasteiger partial charge in [-0.15, -0.1) is 0 Å². The third-order valence-corrected chi connectivity index (χ3v) is 4.57. The summed E-state index contributed by atoms with van der Waals surface area (Å²) in [5.74, 6) is 0.450. The molecule has 2 fully saturated rings. The van der Waals surface area contributed by atoms with Crippen LogP contribution in [0, 0.1) is 0 Å². The van der Waals surface area contributed by atoms with Crippen molar-refractivity contribution >= 4 is 11.8 Å². The Morgan fingerprint density at radius 3 is 3.08 bits per heavy atom. The molecular formula is C16H25N5O3. The second-order valence-electron chi connectivity index (χ2n) is 6.44. The molecule has 8 heteroatoms. The lowest BCUT2D eigenvalue weighted by Gasteiger charge is -2.33. The Labute approximate surface area is 141 Å². The lowest BCUT2D eigenvalue weighted by molar-refractivity contribution is 0.111. The number of amides is 2. The van der Waals surface area contributed by atoms with E-state index in [1.807, 2.05) is 4.90 Å². The lowest BCUT2D eigenvalue weighted by atomic mass is 10.1. The van der Waals surface area contributed by atoms with E-state index in [-0.39, 0.29) is 23.7 Å². The van der Waals surface area contributed by atoms with E-state index in [0.717, 1.165) is 38.8 Å². The number of piperidine rings is 1. The highest BCUT2D eigenvalue weighted by atomic mass is 16.5. The van der Waals surface area contributed by atoms with Crippen LogP contribution in [0.1, 0.15) is 25.7 Å². The van der Waals surface area contributed by atoms with E-state index in [9.17, 15) is 9.59 Å². The summed E-state index contributed by atoms with van der Waals surface area (Å²) in [6.45, 7) is 2.70. The van der Waals surface area contributed by atoms with Crippen molar-refractivity contribution in [1.29, 1.82) is 0 Å². The van der Waals surface area contributed by atoms with E-state index in [1.54, 1.807) is 19.4 Å². The van der Waals surface area contributed by atoms with E-state index in [0.29, 0.717) is 18.9 Å². The summed E-state index contributed by atoms with van der Waals surface area (Å²) in [5.41, 5.74) is -0.110. The Bertz CT molecular complexity index is 626. The fourth-order valence-corrected chi connectivity index (χ4v) is 3.24. The first kappa shape index (κ1) is 16.8. The molecule has 0 aromatic carbocycles. The van der Waals surface area contributed by atoms with Gasteiger partial charge in [-0.1, -0.05) is 0 Å².